The smallest absolute Gasteiger partial charge is 0.177 e. The summed E-state index contributed by atoms with van der Waals surface area (Å²) in [6, 6.07) is 13.3. The molecule has 11 heteroatoms. The molecule has 1 aromatic carbocycles. The molecule has 1 aliphatic rings. The minimum Gasteiger partial charge on any atom is -0.369 e. The average molecular weight is 606 g/mol. The maximum atomic E-state index is 12.0. The number of benzene rings is 1. The number of nitrogens with one attached hydrogen (secondary N) is 1. The number of fused-ring (bicyclic) bond motifs is 1. The molecular weight excluding hydrogens is 569 g/mol. The summed E-state index contributed by atoms with van der Waals surface area (Å²) < 4.78 is 35.3. The maximum Gasteiger partial charge on any atom is 0.177 e. The van der Waals surface area contributed by atoms with Gasteiger partial charge in [-0.1, -0.05) is 57.5 Å². The van der Waals surface area contributed by atoms with Crippen LogP contribution >= 0.6 is 23.4 Å². The Bertz CT molecular complexity index is 1480. The second kappa shape index (κ2) is 15.7. The lowest BCUT2D eigenvalue weighted by Gasteiger charge is -2.18. The fourth-order valence-electron chi connectivity index (χ4n) is 4.06. The van der Waals surface area contributed by atoms with Crippen LogP contribution in [0, 0.1) is 0 Å². The van der Waals surface area contributed by atoms with Gasteiger partial charge in [0, 0.05) is 60.3 Å². The summed E-state index contributed by atoms with van der Waals surface area (Å²) in [5, 5.41) is 8.84. The second-order valence-corrected chi connectivity index (χ2v) is 11.7. The van der Waals surface area contributed by atoms with Crippen molar-refractivity contribution in [2.24, 2.45) is 7.05 Å². The Kier molecular flexibility index (Phi) is 13.1. The summed E-state index contributed by atoms with van der Waals surface area (Å²) in [6.45, 7) is 8.81. The number of halogens is 2. The number of anilines is 1. The number of hydrogen-bond donors (Lipinski definition) is 1. The van der Waals surface area contributed by atoms with Crippen LogP contribution < -0.4 is 5.32 Å². The van der Waals surface area contributed by atoms with Gasteiger partial charge in [0.05, 0.1) is 23.0 Å². The van der Waals surface area contributed by atoms with Gasteiger partial charge in [0.25, 0.3) is 0 Å². The van der Waals surface area contributed by atoms with Crippen molar-refractivity contribution in [2.45, 2.75) is 37.8 Å². The predicted molar refractivity (Wildman–Crippen MR) is 167 cm³/mol. The SMILES string of the molecule is CC.CC.CF.Cn1nc(-c2ccccn2)c2c1NCCSC2c1ccc(-c2cncc(S(C)(=O)=O)c2)cc1Cl. The molecular formula is C29H37ClFN5O2S2. The van der Waals surface area contributed by atoms with Gasteiger partial charge in [0.15, 0.2) is 9.84 Å². The summed E-state index contributed by atoms with van der Waals surface area (Å²) in [7, 11) is -0.928. The van der Waals surface area contributed by atoms with Gasteiger partial charge >= 0.3 is 0 Å². The van der Waals surface area contributed by atoms with E-state index >= 15 is 0 Å². The number of hydrogen-bond acceptors (Lipinski definition) is 7. The van der Waals surface area contributed by atoms with Crippen LogP contribution in [-0.2, 0) is 16.9 Å². The minimum absolute atomic E-state index is 0.0438. The van der Waals surface area contributed by atoms with Crippen LogP contribution in [0.2, 0.25) is 5.02 Å². The molecule has 216 valence electrons. The lowest BCUT2D eigenvalue weighted by Crippen LogP contribution is -2.06. The van der Waals surface area contributed by atoms with Crippen molar-refractivity contribution in [2.75, 3.05) is 31.0 Å². The van der Waals surface area contributed by atoms with Gasteiger partial charge in [-0.15, -0.1) is 11.8 Å². The van der Waals surface area contributed by atoms with Crippen LogP contribution in [0.15, 0.2) is 66.0 Å². The molecule has 0 saturated heterocycles. The summed E-state index contributed by atoms with van der Waals surface area (Å²) in [5.74, 6) is 1.86. The number of nitrogens with zero attached hydrogens (tertiary/aromatic N) is 4. The third kappa shape index (κ3) is 7.62. The molecule has 0 amide bonds. The lowest BCUT2D eigenvalue weighted by atomic mass is 9.99. The van der Waals surface area contributed by atoms with Crippen molar-refractivity contribution in [3.63, 3.8) is 0 Å². The van der Waals surface area contributed by atoms with Crippen LogP contribution in [0.1, 0.15) is 44.1 Å². The molecule has 3 aromatic heterocycles. The zero-order valence-corrected chi connectivity index (χ0v) is 26.3. The van der Waals surface area contributed by atoms with Gasteiger partial charge in [-0.05, 0) is 35.4 Å². The second-order valence-electron chi connectivity index (χ2n) is 8.04. The average Bonchev–Trinajstić information content (AvgIpc) is 3.16. The summed E-state index contributed by atoms with van der Waals surface area (Å²) >= 11 is 8.66. The van der Waals surface area contributed by atoms with Gasteiger partial charge < -0.3 is 5.32 Å². The molecule has 4 heterocycles. The monoisotopic (exact) mass is 605 g/mol. The highest BCUT2D eigenvalue weighted by atomic mass is 35.5. The zero-order valence-electron chi connectivity index (χ0n) is 23.9. The zero-order chi connectivity index (χ0) is 29.9. The van der Waals surface area contributed by atoms with E-state index in [1.807, 2.05) is 75.8 Å². The van der Waals surface area contributed by atoms with Gasteiger partial charge in [-0.2, -0.15) is 5.10 Å². The van der Waals surface area contributed by atoms with Crippen LogP contribution in [0.4, 0.5) is 10.2 Å². The van der Waals surface area contributed by atoms with Crippen molar-refractivity contribution in [1.29, 1.82) is 0 Å². The maximum absolute atomic E-state index is 12.0. The Labute approximate surface area is 246 Å². The topological polar surface area (TPSA) is 89.8 Å². The highest BCUT2D eigenvalue weighted by Crippen LogP contribution is 2.47. The van der Waals surface area contributed by atoms with Crippen molar-refractivity contribution in [3.8, 4) is 22.5 Å². The van der Waals surface area contributed by atoms with E-state index in [9.17, 15) is 12.8 Å². The molecule has 5 rings (SSSR count). The van der Waals surface area contributed by atoms with Gasteiger partial charge in [-0.25, -0.2) is 8.42 Å². The molecule has 0 spiro atoms. The standard InChI is InChI=1S/C24H22ClN5O2S2.2C2H6.CH3F/c1-30-24-21(22(29-30)20-5-3-4-8-27-20)23(33-10-9-28-24)18-7-6-15(12-19(18)25)16-11-17(14-26-13-16)34(2,31)32;3*1-2/h3-8,11-14,23,28H,9-10H2,1-2H3;2*1-2H3;1H3. The van der Waals surface area contributed by atoms with Gasteiger partial charge in [-0.3, -0.25) is 19.0 Å². The Morgan fingerprint density at radius 3 is 2.40 bits per heavy atom. The van der Waals surface area contributed by atoms with E-state index in [1.54, 1.807) is 30.2 Å². The lowest BCUT2D eigenvalue weighted by molar-refractivity contribution is 0.601. The number of sulfone groups is 1. The molecule has 0 bridgehead atoms. The van der Waals surface area contributed by atoms with E-state index in [-0.39, 0.29) is 10.1 Å². The summed E-state index contributed by atoms with van der Waals surface area (Å²) in [4.78, 5) is 8.81. The first kappa shape index (κ1) is 33.3. The normalized spacial score (nSPS) is 14.0. The van der Waals surface area contributed by atoms with E-state index in [1.165, 1.54) is 12.5 Å². The van der Waals surface area contributed by atoms with Gasteiger partial charge in [0.2, 0.25) is 0 Å². The molecule has 7 nitrogen and oxygen atoms in total. The van der Waals surface area contributed by atoms with E-state index < -0.39 is 9.84 Å². The number of pyridine rings is 2. The van der Waals surface area contributed by atoms with Crippen molar-refractivity contribution < 1.29 is 12.8 Å². The van der Waals surface area contributed by atoms with Crippen LogP contribution in [0.25, 0.3) is 22.5 Å². The molecule has 1 atom stereocenters. The largest absolute Gasteiger partial charge is 0.369 e. The molecule has 0 fully saturated rings. The van der Waals surface area contributed by atoms with Crippen LogP contribution in [0.3, 0.4) is 0 Å². The molecule has 4 aromatic rings. The molecule has 0 radical (unpaired) electrons. The first-order valence-corrected chi connectivity index (χ1v) is 16.3. The number of rotatable bonds is 4. The Hall–Kier alpha value is -2.95. The third-order valence-corrected chi connectivity index (χ3v) is 8.36. The van der Waals surface area contributed by atoms with E-state index in [0.717, 1.165) is 46.2 Å². The molecule has 40 heavy (non-hydrogen) atoms. The van der Waals surface area contributed by atoms with Crippen molar-refractivity contribution in [3.05, 3.63) is 77.2 Å². The summed E-state index contributed by atoms with van der Waals surface area (Å²) in [5.41, 5.74) is 5.17. The molecule has 1 unspecified atom stereocenters. The van der Waals surface area contributed by atoms with E-state index in [2.05, 4.69) is 15.3 Å². The summed E-state index contributed by atoms with van der Waals surface area (Å²) in [6.07, 6.45) is 5.94. The molecule has 1 aliphatic heterocycles. The first-order chi connectivity index (χ1) is 19.3. The fraction of sp³-hybridized carbons (Fsp3) is 0.345. The van der Waals surface area contributed by atoms with E-state index in [4.69, 9.17) is 16.7 Å². The molecule has 0 saturated carbocycles. The van der Waals surface area contributed by atoms with Crippen LogP contribution in [-0.4, -0.2) is 53.9 Å². The van der Waals surface area contributed by atoms with Crippen molar-refractivity contribution in [1.82, 2.24) is 19.7 Å². The number of aryl methyl sites for hydroxylation is 1. The van der Waals surface area contributed by atoms with Crippen molar-refractivity contribution >= 4 is 39.0 Å². The molecule has 1 N–H and O–H groups in total. The Balaban J connectivity index is 0.000000876. The first-order valence-electron chi connectivity index (χ1n) is 13.0. The quantitative estimate of drug-likeness (QED) is 0.258. The number of alkyl halides is 1. The number of aromatic nitrogens is 4. The van der Waals surface area contributed by atoms with Gasteiger partial charge in [0.1, 0.15) is 11.5 Å². The number of thioether (sulfide) groups is 1. The third-order valence-electron chi connectivity index (χ3n) is 5.69. The Morgan fingerprint density at radius 1 is 1.05 bits per heavy atom. The van der Waals surface area contributed by atoms with E-state index in [0.29, 0.717) is 17.8 Å². The highest BCUT2D eigenvalue weighted by Gasteiger charge is 2.30. The predicted octanol–water partition coefficient (Wildman–Crippen LogP) is 7.49. The van der Waals surface area contributed by atoms with Crippen LogP contribution in [0.5, 0.6) is 0 Å². The molecule has 0 aliphatic carbocycles. The highest BCUT2D eigenvalue weighted by molar-refractivity contribution is 7.99. The Morgan fingerprint density at radius 2 is 1.77 bits per heavy atom. The fourth-order valence-corrected chi connectivity index (χ4v) is 6.24. The minimum atomic E-state index is -3.36.